The molecule has 0 amide bonds. The Labute approximate surface area is 84.4 Å². The summed E-state index contributed by atoms with van der Waals surface area (Å²) in [5.41, 5.74) is 0. The van der Waals surface area contributed by atoms with Crippen LogP contribution in [-0.2, 0) is 18.1 Å². The van der Waals surface area contributed by atoms with E-state index in [9.17, 15) is 4.79 Å². The molecule has 0 atom stereocenters. The van der Waals surface area contributed by atoms with E-state index in [1.165, 1.54) is 27.4 Å². The van der Waals surface area contributed by atoms with Crippen LogP contribution in [0.4, 0.5) is 0 Å². The van der Waals surface area contributed by atoms with Crippen molar-refractivity contribution in [3.8, 4) is 0 Å². The van der Waals surface area contributed by atoms with E-state index in [0.717, 1.165) is 0 Å². The average Bonchev–Trinajstić information content (AvgIpc) is 2.28. The molecule has 14 heavy (non-hydrogen) atoms. The highest BCUT2D eigenvalue weighted by atomic mass is 28.4. The van der Waals surface area contributed by atoms with Crippen LogP contribution in [0.25, 0.3) is 0 Å². The van der Waals surface area contributed by atoms with Gasteiger partial charge in [0.05, 0.1) is 6.54 Å². The van der Waals surface area contributed by atoms with Crippen LogP contribution in [0.15, 0.2) is 4.99 Å². The lowest BCUT2D eigenvalue weighted by atomic mass is 10.8. The van der Waals surface area contributed by atoms with Gasteiger partial charge in [0.25, 0.3) is 0 Å². The first kappa shape index (κ1) is 15.9. The lowest BCUT2D eigenvalue weighted by molar-refractivity contribution is 0.124. The molecule has 0 saturated carbocycles. The molecule has 0 rings (SSSR count). The summed E-state index contributed by atoms with van der Waals surface area (Å²) in [7, 11) is 2.03. The van der Waals surface area contributed by atoms with Crippen LogP contribution in [0.1, 0.15) is 0 Å². The Morgan fingerprint density at radius 2 is 1.64 bits per heavy atom. The second kappa shape index (κ2) is 10.5. The number of nitrogens with zero attached hydrogens (tertiary/aromatic N) is 1. The Bertz CT molecular complexity index is 162. The zero-order valence-corrected chi connectivity index (χ0v) is 9.65. The van der Waals surface area contributed by atoms with Gasteiger partial charge in [-0.1, -0.05) is 0 Å². The van der Waals surface area contributed by atoms with Gasteiger partial charge < -0.3 is 13.3 Å². The predicted octanol–water partition coefficient (Wildman–Crippen LogP) is -0.981. The maximum atomic E-state index is 9.76. The van der Waals surface area contributed by atoms with Crippen molar-refractivity contribution in [2.24, 2.45) is 16.7 Å². The smallest absolute Gasteiger partial charge is 0.377 e. The summed E-state index contributed by atoms with van der Waals surface area (Å²) in [4.78, 5) is 13.1. The molecule has 0 bridgehead atoms. The third kappa shape index (κ3) is 5.94. The minimum atomic E-state index is -2.53. The molecule has 8 heteroatoms. The van der Waals surface area contributed by atoms with Crippen LogP contribution in [0.5, 0.6) is 0 Å². The molecular formula is C6H17N3O4Si. The second-order valence-corrected chi connectivity index (χ2v) is 5.11. The van der Waals surface area contributed by atoms with Gasteiger partial charge in [-0.2, -0.15) is 0 Å². The van der Waals surface area contributed by atoms with E-state index in [1.807, 2.05) is 0 Å². The fraction of sp³-hybridized carbons (Fsp3) is 0.833. The van der Waals surface area contributed by atoms with Gasteiger partial charge >= 0.3 is 8.80 Å². The third-order valence-electron chi connectivity index (χ3n) is 1.53. The van der Waals surface area contributed by atoms with Gasteiger partial charge in [0.1, 0.15) is 0 Å². The Kier molecular flexibility index (Phi) is 11.9. The van der Waals surface area contributed by atoms with Crippen molar-refractivity contribution < 1.29 is 18.1 Å². The third-order valence-corrected chi connectivity index (χ3v) is 4.23. The fourth-order valence-corrected chi connectivity index (χ4v) is 2.29. The predicted molar refractivity (Wildman–Crippen MR) is 53.0 cm³/mol. The molecule has 0 aromatic rings. The summed E-state index contributed by atoms with van der Waals surface area (Å²) in [6.07, 6.45) is 1.44. The second-order valence-electron chi connectivity index (χ2n) is 2.02. The molecule has 0 aliphatic rings. The molecule has 0 radical (unpaired) electrons. The lowest BCUT2D eigenvalue weighted by Gasteiger charge is -2.22. The summed E-state index contributed by atoms with van der Waals surface area (Å²) in [5, 5.41) is 0. The van der Waals surface area contributed by atoms with Gasteiger partial charge in [-0.15, -0.1) is 0 Å². The van der Waals surface area contributed by atoms with Crippen LogP contribution in [0.3, 0.4) is 0 Å². The van der Waals surface area contributed by atoms with Crippen molar-refractivity contribution in [2.75, 3.05) is 27.9 Å². The Morgan fingerprint density at radius 1 is 1.21 bits per heavy atom. The molecule has 0 aromatic carbocycles. The van der Waals surface area contributed by atoms with E-state index in [0.29, 0.717) is 12.6 Å². The number of rotatable bonds is 6. The zero-order chi connectivity index (χ0) is 11.4. The first-order valence-electron chi connectivity index (χ1n) is 3.77. The van der Waals surface area contributed by atoms with Crippen molar-refractivity contribution >= 4 is 14.9 Å². The molecule has 7 nitrogen and oxygen atoms in total. The van der Waals surface area contributed by atoms with Crippen LogP contribution in [0, 0.1) is 0 Å². The quantitative estimate of drug-likeness (QED) is 0.197. The molecule has 0 aliphatic carbocycles. The summed E-state index contributed by atoms with van der Waals surface area (Å²) in [6.45, 7) is 0.325. The minimum absolute atomic E-state index is 0.325. The van der Waals surface area contributed by atoms with Gasteiger partial charge in [-0.3, -0.25) is 11.7 Å². The maximum Gasteiger partial charge on any atom is 0.502 e. The number of carbonyl (C=O) groups excluding carboxylic acids is 1. The molecule has 0 unspecified atom stereocenters. The summed E-state index contributed by atoms with van der Waals surface area (Å²) in [6, 6.07) is 0.492. The highest BCUT2D eigenvalue weighted by Crippen LogP contribution is 2.11. The first-order chi connectivity index (χ1) is 6.74. The summed E-state index contributed by atoms with van der Waals surface area (Å²) < 4.78 is 15.3. The van der Waals surface area contributed by atoms with Crippen molar-refractivity contribution in [2.45, 2.75) is 6.04 Å². The number of nitrogens with two attached hydrogens (primary N) is 2. The highest BCUT2D eigenvalue weighted by Gasteiger charge is 2.36. The number of aliphatic imine (C=N–C) groups is 1. The Hall–Kier alpha value is -0.603. The fourth-order valence-electron chi connectivity index (χ4n) is 0.795. The van der Waals surface area contributed by atoms with E-state index in [4.69, 9.17) is 13.3 Å². The maximum absolute atomic E-state index is 9.76. The van der Waals surface area contributed by atoms with E-state index >= 15 is 0 Å². The van der Waals surface area contributed by atoms with Gasteiger partial charge in [0, 0.05) is 27.4 Å². The zero-order valence-electron chi connectivity index (χ0n) is 8.65. The SMILES string of the molecule is CO[Si](CCN=C=O)(OC)OC.NN. The number of hydrogen-bond acceptors (Lipinski definition) is 7. The lowest BCUT2D eigenvalue weighted by Crippen LogP contribution is -2.43. The molecule has 0 spiro atoms. The molecule has 0 aromatic heterocycles. The van der Waals surface area contributed by atoms with Crippen molar-refractivity contribution in [1.29, 1.82) is 0 Å². The van der Waals surface area contributed by atoms with Crippen LogP contribution >= 0.6 is 0 Å². The Balaban J connectivity index is 0. The van der Waals surface area contributed by atoms with Crippen molar-refractivity contribution in [3.05, 3.63) is 0 Å². The van der Waals surface area contributed by atoms with Crippen LogP contribution < -0.4 is 11.7 Å². The molecule has 0 saturated heterocycles. The first-order valence-corrected chi connectivity index (χ1v) is 5.70. The normalized spacial score (nSPS) is 9.79. The number of hydrazine groups is 1. The van der Waals surface area contributed by atoms with Gasteiger partial charge in [0.15, 0.2) is 0 Å². The van der Waals surface area contributed by atoms with Crippen LogP contribution in [0.2, 0.25) is 6.04 Å². The van der Waals surface area contributed by atoms with Gasteiger partial charge in [0.2, 0.25) is 6.08 Å². The Morgan fingerprint density at radius 3 is 1.93 bits per heavy atom. The highest BCUT2D eigenvalue weighted by molar-refractivity contribution is 6.60. The molecular weight excluding hydrogens is 206 g/mol. The van der Waals surface area contributed by atoms with E-state index in [1.54, 1.807) is 0 Å². The van der Waals surface area contributed by atoms with Gasteiger partial charge in [-0.05, 0) is 0 Å². The van der Waals surface area contributed by atoms with Crippen molar-refractivity contribution in [3.63, 3.8) is 0 Å². The molecule has 0 fully saturated rings. The topological polar surface area (TPSA) is 109 Å². The average molecular weight is 223 g/mol. The molecule has 84 valence electrons. The van der Waals surface area contributed by atoms with Crippen LogP contribution in [-0.4, -0.2) is 42.8 Å². The number of hydrogen-bond donors (Lipinski definition) is 2. The van der Waals surface area contributed by atoms with Crippen molar-refractivity contribution in [1.82, 2.24) is 0 Å². The number of isocyanates is 1. The standard InChI is InChI=1S/C6H13NO4Si.H4N2/c1-9-12(10-2,11-3)5-4-7-6-8;1-2/h4-5H2,1-3H3;1-2H2. The minimum Gasteiger partial charge on any atom is -0.377 e. The summed E-state index contributed by atoms with van der Waals surface area (Å²) >= 11 is 0. The largest absolute Gasteiger partial charge is 0.502 e. The molecule has 0 aliphatic heterocycles. The van der Waals surface area contributed by atoms with E-state index < -0.39 is 8.80 Å². The summed E-state index contributed by atoms with van der Waals surface area (Å²) in [5.74, 6) is 8.00. The monoisotopic (exact) mass is 223 g/mol. The van der Waals surface area contributed by atoms with E-state index in [-0.39, 0.29) is 0 Å². The van der Waals surface area contributed by atoms with Gasteiger partial charge in [-0.25, -0.2) is 9.79 Å². The molecule has 0 heterocycles. The van der Waals surface area contributed by atoms with E-state index in [2.05, 4.69) is 16.7 Å². The molecule has 4 N–H and O–H groups in total.